The zero-order valence-electron chi connectivity index (χ0n) is 9.10. The first-order chi connectivity index (χ1) is 7.61. The molecule has 16 heavy (non-hydrogen) atoms. The summed E-state index contributed by atoms with van der Waals surface area (Å²) < 4.78 is 1.53. The number of hydrogen-bond acceptors (Lipinski definition) is 3. The standard InChI is InChI=1S/C11H12N2O2S/c1-3-7-4-5-9(16-7)10-8(11(14)15)6-13(2)12-10/h4-6H,3H2,1-2H3,(H,14,15). The number of carboxylic acids is 1. The summed E-state index contributed by atoms with van der Waals surface area (Å²) in [6.45, 7) is 2.08. The lowest BCUT2D eigenvalue weighted by Gasteiger charge is -1.93. The highest BCUT2D eigenvalue weighted by molar-refractivity contribution is 7.15. The van der Waals surface area contributed by atoms with Crippen molar-refractivity contribution in [3.63, 3.8) is 0 Å². The summed E-state index contributed by atoms with van der Waals surface area (Å²) in [5.41, 5.74) is 0.812. The van der Waals surface area contributed by atoms with Crippen LogP contribution in [-0.2, 0) is 13.5 Å². The molecular weight excluding hydrogens is 224 g/mol. The van der Waals surface area contributed by atoms with Crippen LogP contribution in [-0.4, -0.2) is 20.9 Å². The van der Waals surface area contributed by atoms with Crippen molar-refractivity contribution in [3.8, 4) is 10.6 Å². The van der Waals surface area contributed by atoms with Crippen LogP contribution in [0.4, 0.5) is 0 Å². The van der Waals surface area contributed by atoms with Gasteiger partial charge >= 0.3 is 5.97 Å². The van der Waals surface area contributed by atoms with Gasteiger partial charge < -0.3 is 5.11 Å². The number of carbonyl (C=O) groups is 1. The van der Waals surface area contributed by atoms with Crippen LogP contribution < -0.4 is 0 Å². The maximum absolute atomic E-state index is 11.0. The maximum Gasteiger partial charge on any atom is 0.339 e. The smallest absolute Gasteiger partial charge is 0.339 e. The van der Waals surface area contributed by atoms with Gasteiger partial charge in [-0.2, -0.15) is 5.10 Å². The highest BCUT2D eigenvalue weighted by Crippen LogP contribution is 2.29. The number of aryl methyl sites for hydroxylation is 2. The highest BCUT2D eigenvalue weighted by atomic mass is 32.1. The lowest BCUT2D eigenvalue weighted by atomic mass is 10.2. The molecule has 2 aromatic rings. The van der Waals surface area contributed by atoms with Gasteiger partial charge in [-0.3, -0.25) is 4.68 Å². The zero-order chi connectivity index (χ0) is 11.7. The van der Waals surface area contributed by atoms with Crippen LogP contribution >= 0.6 is 11.3 Å². The van der Waals surface area contributed by atoms with E-state index in [2.05, 4.69) is 12.0 Å². The molecular formula is C11H12N2O2S. The minimum atomic E-state index is -0.936. The zero-order valence-corrected chi connectivity index (χ0v) is 9.91. The Bertz CT molecular complexity index is 528. The van der Waals surface area contributed by atoms with Gasteiger partial charge in [0.15, 0.2) is 0 Å². The van der Waals surface area contributed by atoms with Crippen LogP contribution in [0.1, 0.15) is 22.2 Å². The van der Waals surface area contributed by atoms with Crippen molar-refractivity contribution in [3.05, 3.63) is 28.8 Å². The SMILES string of the molecule is CCc1ccc(-c2nn(C)cc2C(=O)O)s1. The Morgan fingerprint density at radius 2 is 2.31 bits per heavy atom. The molecule has 0 saturated carbocycles. The van der Waals surface area contributed by atoms with Crippen molar-refractivity contribution in [2.45, 2.75) is 13.3 Å². The third-order valence-corrected chi connectivity index (χ3v) is 3.54. The van der Waals surface area contributed by atoms with E-state index in [1.54, 1.807) is 18.4 Å². The van der Waals surface area contributed by atoms with E-state index in [1.807, 2.05) is 12.1 Å². The van der Waals surface area contributed by atoms with Gasteiger partial charge in [0.1, 0.15) is 11.3 Å². The highest BCUT2D eigenvalue weighted by Gasteiger charge is 2.17. The Balaban J connectivity index is 2.50. The van der Waals surface area contributed by atoms with Crippen LogP contribution in [0.2, 0.25) is 0 Å². The number of carboxylic acid groups (broad SMARTS) is 1. The van der Waals surface area contributed by atoms with E-state index in [1.165, 1.54) is 15.8 Å². The number of thiophene rings is 1. The predicted octanol–water partition coefficient (Wildman–Crippen LogP) is 2.41. The Hall–Kier alpha value is -1.62. The molecule has 0 radical (unpaired) electrons. The summed E-state index contributed by atoms with van der Waals surface area (Å²) in [6.07, 6.45) is 2.49. The van der Waals surface area contributed by atoms with Gasteiger partial charge in [0.2, 0.25) is 0 Å². The second-order valence-electron chi connectivity index (χ2n) is 3.49. The Labute approximate surface area is 97.2 Å². The molecule has 0 aliphatic heterocycles. The van der Waals surface area contributed by atoms with Gasteiger partial charge in [-0.15, -0.1) is 11.3 Å². The average molecular weight is 236 g/mol. The molecule has 0 aromatic carbocycles. The lowest BCUT2D eigenvalue weighted by Crippen LogP contribution is -1.95. The van der Waals surface area contributed by atoms with Crippen molar-refractivity contribution in [2.75, 3.05) is 0 Å². The molecule has 0 amide bonds. The van der Waals surface area contributed by atoms with Crippen LogP contribution in [0.25, 0.3) is 10.6 Å². The molecule has 1 N–H and O–H groups in total. The van der Waals surface area contributed by atoms with E-state index < -0.39 is 5.97 Å². The molecule has 84 valence electrons. The van der Waals surface area contributed by atoms with E-state index in [0.717, 1.165) is 11.3 Å². The molecule has 0 bridgehead atoms. The van der Waals surface area contributed by atoms with Crippen molar-refractivity contribution in [1.29, 1.82) is 0 Å². The van der Waals surface area contributed by atoms with Crippen molar-refractivity contribution in [2.24, 2.45) is 7.05 Å². The fourth-order valence-electron chi connectivity index (χ4n) is 1.52. The van der Waals surface area contributed by atoms with Gasteiger partial charge in [0.05, 0.1) is 4.88 Å². The average Bonchev–Trinajstić information content (AvgIpc) is 2.82. The topological polar surface area (TPSA) is 55.1 Å². The van der Waals surface area contributed by atoms with Gasteiger partial charge in [0, 0.05) is 18.1 Å². The van der Waals surface area contributed by atoms with E-state index in [0.29, 0.717) is 5.69 Å². The molecule has 2 heterocycles. The van der Waals surface area contributed by atoms with Crippen LogP contribution in [0, 0.1) is 0 Å². The molecule has 0 aliphatic rings. The van der Waals surface area contributed by atoms with Gasteiger partial charge in [-0.25, -0.2) is 4.79 Å². The summed E-state index contributed by atoms with van der Waals surface area (Å²) in [5.74, 6) is -0.936. The summed E-state index contributed by atoms with van der Waals surface area (Å²) in [4.78, 5) is 13.2. The van der Waals surface area contributed by atoms with Gasteiger partial charge in [-0.1, -0.05) is 6.92 Å². The summed E-state index contributed by atoms with van der Waals surface area (Å²) in [7, 11) is 1.73. The molecule has 2 rings (SSSR count). The number of hydrogen-bond donors (Lipinski definition) is 1. The fourth-order valence-corrected chi connectivity index (χ4v) is 2.47. The lowest BCUT2D eigenvalue weighted by molar-refractivity contribution is 0.0697. The van der Waals surface area contributed by atoms with Gasteiger partial charge in [-0.05, 0) is 18.6 Å². The number of rotatable bonds is 3. The summed E-state index contributed by atoms with van der Waals surface area (Å²) in [6, 6.07) is 3.94. The largest absolute Gasteiger partial charge is 0.478 e. The molecule has 0 aliphatic carbocycles. The molecule has 4 nitrogen and oxygen atoms in total. The molecule has 0 spiro atoms. The molecule has 2 aromatic heterocycles. The van der Waals surface area contributed by atoms with E-state index in [9.17, 15) is 4.79 Å². The van der Waals surface area contributed by atoms with Crippen molar-refractivity contribution < 1.29 is 9.90 Å². The first-order valence-corrected chi connectivity index (χ1v) is 5.79. The fraction of sp³-hybridized carbons (Fsp3) is 0.273. The third kappa shape index (κ3) is 1.86. The first-order valence-electron chi connectivity index (χ1n) is 4.98. The molecule has 0 saturated heterocycles. The molecule has 0 unspecified atom stereocenters. The van der Waals surface area contributed by atoms with E-state index >= 15 is 0 Å². The monoisotopic (exact) mass is 236 g/mol. The minimum absolute atomic E-state index is 0.256. The molecule has 0 fully saturated rings. The first kappa shape index (κ1) is 10.9. The third-order valence-electron chi connectivity index (χ3n) is 2.30. The molecule has 5 heteroatoms. The second kappa shape index (κ2) is 4.09. The van der Waals surface area contributed by atoms with Crippen LogP contribution in [0.3, 0.4) is 0 Å². The Morgan fingerprint density at radius 1 is 1.56 bits per heavy atom. The van der Waals surface area contributed by atoms with Crippen LogP contribution in [0.5, 0.6) is 0 Å². The maximum atomic E-state index is 11.0. The van der Waals surface area contributed by atoms with Crippen molar-refractivity contribution in [1.82, 2.24) is 9.78 Å². The number of aromatic carboxylic acids is 1. The predicted molar refractivity (Wildman–Crippen MR) is 62.9 cm³/mol. The minimum Gasteiger partial charge on any atom is -0.478 e. The van der Waals surface area contributed by atoms with Crippen molar-refractivity contribution >= 4 is 17.3 Å². The molecule has 0 atom stereocenters. The quantitative estimate of drug-likeness (QED) is 0.890. The number of nitrogens with zero attached hydrogens (tertiary/aromatic N) is 2. The second-order valence-corrected chi connectivity index (χ2v) is 4.66. The summed E-state index contributed by atoms with van der Waals surface area (Å²) in [5, 5.41) is 13.3. The van der Waals surface area contributed by atoms with E-state index in [4.69, 9.17) is 5.11 Å². The number of aromatic nitrogens is 2. The van der Waals surface area contributed by atoms with Crippen LogP contribution in [0.15, 0.2) is 18.3 Å². The Kier molecular flexibility index (Phi) is 2.78. The van der Waals surface area contributed by atoms with Gasteiger partial charge in [0.25, 0.3) is 0 Å². The summed E-state index contributed by atoms with van der Waals surface area (Å²) >= 11 is 1.59. The normalized spacial score (nSPS) is 10.6. The Morgan fingerprint density at radius 3 is 2.88 bits per heavy atom. The van der Waals surface area contributed by atoms with E-state index in [-0.39, 0.29) is 5.56 Å².